The molecule has 6 aromatic carbocycles. The Balaban J connectivity index is 1.24. The van der Waals surface area contributed by atoms with Crippen LogP contribution in [0, 0.1) is 0 Å². The van der Waals surface area contributed by atoms with Gasteiger partial charge >= 0.3 is 0 Å². The summed E-state index contributed by atoms with van der Waals surface area (Å²) >= 11 is 0. The highest BCUT2D eigenvalue weighted by atomic mass is 15.1. The quantitative estimate of drug-likeness (QED) is 0.185. The molecule has 9 rings (SSSR count). The third kappa shape index (κ3) is 4.91. The van der Waals surface area contributed by atoms with Crippen molar-refractivity contribution in [3.8, 4) is 33.4 Å². The molecule has 0 unspecified atom stereocenters. The molecule has 0 bridgehead atoms. The molecular formula is C47H43N. The first kappa shape index (κ1) is 29.3. The highest BCUT2D eigenvalue weighted by Crippen LogP contribution is 2.53. The van der Waals surface area contributed by atoms with E-state index in [1.165, 1.54) is 129 Å². The summed E-state index contributed by atoms with van der Waals surface area (Å²) in [4.78, 5) is 2.51. The molecule has 0 aliphatic heterocycles. The van der Waals surface area contributed by atoms with Crippen LogP contribution in [0.2, 0.25) is 0 Å². The van der Waals surface area contributed by atoms with E-state index in [1.54, 1.807) is 0 Å². The number of anilines is 3. The molecule has 48 heavy (non-hydrogen) atoms. The van der Waals surface area contributed by atoms with E-state index in [9.17, 15) is 0 Å². The summed E-state index contributed by atoms with van der Waals surface area (Å²) < 4.78 is 0. The lowest BCUT2D eigenvalue weighted by atomic mass is 9.81. The van der Waals surface area contributed by atoms with E-state index in [4.69, 9.17) is 0 Å². The van der Waals surface area contributed by atoms with Crippen LogP contribution < -0.4 is 4.90 Å². The molecule has 0 N–H and O–H groups in total. The van der Waals surface area contributed by atoms with Crippen LogP contribution in [-0.2, 0) is 31.1 Å². The second-order valence-electron chi connectivity index (χ2n) is 14.7. The van der Waals surface area contributed by atoms with Crippen LogP contribution in [0.25, 0.3) is 33.4 Å². The largest absolute Gasteiger partial charge is 0.310 e. The van der Waals surface area contributed by atoms with Crippen molar-refractivity contribution in [3.63, 3.8) is 0 Å². The van der Waals surface area contributed by atoms with Gasteiger partial charge in [-0.3, -0.25) is 0 Å². The van der Waals surface area contributed by atoms with Crippen molar-refractivity contribution < 1.29 is 0 Å². The van der Waals surface area contributed by atoms with Crippen LogP contribution in [0.3, 0.4) is 0 Å². The van der Waals surface area contributed by atoms with Crippen LogP contribution in [0.5, 0.6) is 0 Å². The summed E-state index contributed by atoms with van der Waals surface area (Å²) in [6, 6.07) is 48.7. The van der Waals surface area contributed by atoms with Gasteiger partial charge in [-0.2, -0.15) is 0 Å². The van der Waals surface area contributed by atoms with Crippen molar-refractivity contribution in [1.82, 2.24) is 0 Å². The minimum Gasteiger partial charge on any atom is -0.310 e. The van der Waals surface area contributed by atoms with Crippen LogP contribution >= 0.6 is 0 Å². The van der Waals surface area contributed by atoms with Crippen LogP contribution in [0.4, 0.5) is 17.1 Å². The van der Waals surface area contributed by atoms with Crippen LogP contribution in [-0.4, -0.2) is 0 Å². The van der Waals surface area contributed by atoms with E-state index >= 15 is 0 Å². The Morgan fingerprint density at radius 3 is 1.77 bits per heavy atom. The molecule has 3 aliphatic carbocycles. The van der Waals surface area contributed by atoms with Crippen LogP contribution in [0.15, 0.2) is 127 Å². The van der Waals surface area contributed by atoms with Crippen LogP contribution in [0.1, 0.15) is 72.9 Å². The molecule has 0 saturated heterocycles. The number of hydrogen-bond donors (Lipinski definition) is 0. The highest BCUT2D eigenvalue weighted by Gasteiger charge is 2.37. The summed E-state index contributed by atoms with van der Waals surface area (Å²) in [5.74, 6) is 0. The molecule has 6 aromatic rings. The molecule has 0 atom stereocenters. The average molecular weight is 622 g/mol. The van der Waals surface area contributed by atoms with E-state index < -0.39 is 0 Å². The van der Waals surface area contributed by atoms with Gasteiger partial charge in [-0.1, -0.05) is 105 Å². The molecule has 3 aliphatic rings. The second kappa shape index (κ2) is 11.7. The lowest BCUT2D eigenvalue weighted by molar-refractivity contribution is 0.660. The topological polar surface area (TPSA) is 3.24 Å². The van der Waals surface area contributed by atoms with Crippen molar-refractivity contribution in [1.29, 1.82) is 0 Å². The van der Waals surface area contributed by atoms with Gasteiger partial charge in [-0.25, -0.2) is 0 Å². The molecule has 0 aromatic heterocycles. The summed E-state index contributed by atoms with van der Waals surface area (Å²) in [7, 11) is 0. The highest BCUT2D eigenvalue weighted by molar-refractivity contribution is 5.95. The van der Waals surface area contributed by atoms with Gasteiger partial charge in [0.15, 0.2) is 0 Å². The van der Waals surface area contributed by atoms with Gasteiger partial charge in [0.1, 0.15) is 0 Å². The number of fused-ring (bicyclic) bond motifs is 5. The first-order chi connectivity index (χ1) is 23.5. The zero-order chi connectivity index (χ0) is 32.2. The molecular weight excluding hydrogens is 579 g/mol. The summed E-state index contributed by atoms with van der Waals surface area (Å²) in [5, 5.41) is 0. The number of nitrogens with zero attached hydrogens (tertiary/aromatic N) is 1. The number of rotatable bonds is 5. The Kier molecular flexibility index (Phi) is 7.12. The molecule has 1 nitrogen and oxygen atoms in total. The summed E-state index contributed by atoms with van der Waals surface area (Å²) in [5.41, 5.74) is 20.3. The molecule has 0 spiro atoms. The number of aryl methyl sites for hydroxylation is 4. The van der Waals surface area contributed by atoms with Gasteiger partial charge in [0, 0.05) is 22.4 Å². The minimum absolute atomic E-state index is 0.0896. The normalized spacial score (nSPS) is 15.6. The molecule has 0 amide bonds. The molecule has 1 heteroatoms. The Hall–Kier alpha value is -4.88. The van der Waals surface area contributed by atoms with E-state index in [-0.39, 0.29) is 5.41 Å². The monoisotopic (exact) mass is 621 g/mol. The second-order valence-corrected chi connectivity index (χ2v) is 14.7. The first-order valence-electron chi connectivity index (χ1n) is 18.0. The van der Waals surface area contributed by atoms with E-state index in [0.29, 0.717) is 0 Å². The van der Waals surface area contributed by atoms with Crippen molar-refractivity contribution >= 4 is 17.1 Å². The van der Waals surface area contributed by atoms with Gasteiger partial charge in [-0.15, -0.1) is 0 Å². The summed E-state index contributed by atoms with van der Waals surface area (Å²) in [6.07, 6.45) is 9.96. The van der Waals surface area contributed by atoms with E-state index in [0.717, 1.165) is 6.42 Å². The van der Waals surface area contributed by atoms with Crippen molar-refractivity contribution in [3.05, 3.63) is 161 Å². The number of hydrogen-bond acceptors (Lipinski definition) is 1. The smallest absolute Gasteiger partial charge is 0.0543 e. The number of para-hydroxylation sites is 1. The van der Waals surface area contributed by atoms with Crippen molar-refractivity contribution in [2.24, 2.45) is 0 Å². The van der Waals surface area contributed by atoms with Crippen molar-refractivity contribution in [2.75, 3.05) is 4.90 Å². The average Bonchev–Trinajstić information content (AvgIpc) is 3.37. The maximum Gasteiger partial charge on any atom is 0.0543 e. The first-order valence-corrected chi connectivity index (χ1v) is 18.0. The van der Waals surface area contributed by atoms with Gasteiger partial charge in [-0.05, 0) is 149 Å². The van der Waals surface area contributed by atoms with Crippen molar-refractivity contribution in [2.45, 2.75) is 70.6 Å². The molecule has 0 radical (unpaired) electrons. The Morgan fingerprint density at radius 2 is 1.02 bits per heavy atom. The fraction of sp³-hybridized carbons (Fsp3) is 0.234. The zero-order valence-electron chi connectivity index (χ0n) is 28.2. The van der Waals surface area contributed by atoms with E-state index in [2.05, 4.69) is 146 Å². The molecule has 236 valence electrons. The maximum absolute atomic E-state index is 2.51. The zero-order valence-corrected chi connectivity index (χ0v) is 28.2. The number of benzene rings is 6. The molecule has 0 fully saturated rings. The van der Waals surface area contributed by atoms with Gasteiger partial charge in [0.25, 0.3) is 0 Å². The lowest BCUT2D eigenvalue weighted by Gasteiger charge is -2.31. The predicted octanol–water partition coefficient (Wildman–Crippen LogP) is 12.6. The van der Waals surface area contributed by atoms with Gasteiger partial charge in [0.2, 0.25) is 0 Å². The maximum atomic E-state index is 2.51. The summed E-state index contributed by atoms with van der Waals surface area (Å²) in [6.45, 7) is 4.78. The van der Waals surface area contributed by atoms with Gasteiger partial charge in [0.05, 0.1) is 5.69 Å². The SMILES string of the molecule is CC1(C)c2ccccc2-c2cc(-c3ccc(-c4ccc5c(c4)CCCC5)cc3)c(N(c3ccccc3)c3ccc4c(c3)CCCC4)cc21. The molecule has 0 heterocycles. The molecule has 0 saturated carbocycles. The third-order valence-electron chi connectivity index (χ3n) is 11.4. The third-order valence-corrected chi connectivity index (χ3v) is 11.4. The fourth-order valence-electron chi connectivity index (χ4n) is 8.77. The Labute approximate surface area is 285 Å². The lowest BCUT2D eigenvalue weighted by Crippen LogP contribution is -2.17. The standard InChI is InChI=1S/C47H43N/c1-47(2)44-19-11-10-18-41(44)43-30-42(35-23-20-34(21-24-35)38-25-22-32-12-6-8-14-36(32)28-38)46(31-45(43)47)48(39-16-4-3-5-17-39)40-27-26-33-13-7-9-15-37(33)29-40/h3-5,10-11,16-31H,6-9,12-15H2,1-2H3. The predicted molar refractivity (Wildman–Crippen MR) is 203 cm³/mol. The Morgan fingerprint density at radius 1 is 0.417 bits per heavy atom. The van der Waals surface area contributed by atoms with E-state index in [1.807, 2.05) is 0 Å². The fourth-order valence-corrected chi connectivity index (χ4v) is 8.77. The van der Waals surface area contributed by atoms with Gasteiger partial charge < -0.3 is 4.90 Å². The Bertz CT molecular complexity index is 2150. The minimum atomic E-state index is -0.0896.